The van der Waals surface area contributed by atoms with E-state index < -0.39 is 17.3 Å². The molecule has 0 spiro atoms. The zero-order valence-corrected chi connectivity index (χ0v) is 7.03. The molecule has 0 aliphatic heterocycles. The summed E-state index contributed by atoms with van der Waals surface area (Å²) in [5.41, 5.74) is -1.26. The van der Waals surface area contributed by atoms with Gasteiger partial charge < -0.3 is 5.32 Å². The normalized spacial score (nSPS) is 9.62. The maximum Gasteiger partial charge on any atom is 0.336 e. The van der Waals surface area contributed by atoms with Crippen molar-refractivity contribution in [2.45, 2.75) is 6.92 Å². The first-order valence-electron chi connectivity index (χ1n) is 3.75. The van der Waals surface area contributed by atoms with Gasteiger partial charge in [-0.15, -0.1) is 0 Å². The number of aromatic nitrogens is 2. The molecule has 6 nitrogen and oxygen atoms in total. The fourth-order valence-electron chi connectivity index (χ4n) is 0.814. The molecule has 2 N–H and O–H groups in total. The van der Waals surface area contributed by atoms with Crippen LogP contribution in [0.1, 0.15) is 6.92 Å². The number of nitrogens with zero attached hydrogens (tertiary/aromatic N) is 1. The van der Waals surface area contributed by atoms with Crippen molar-refractivity contribution in [2.24, 2.45) is 0 Å². The summed E-state index contributed by atoms with van der Waals surface area (Å²) in [4.78, 5) is 34.7. The maximum absolute atomic E-state index is 11.1. The number of H-pyrrole nitrogens is 1. The zero-order valence-electron chi connectivity index (χ0n) is 7.03. The van der Waals surface area contributed by atoms with Crippen molar-refractivity contribution in [1.82, 2.24) is 14.9 Å². The molecule has 0 saturated carbocycles. The monoisotopic (exact) mass is 183 g/mol. The van der Waals surface area contributed by atoms with E-state index in [1.165, 1.54) is 0 Å². The van der Waals surface area contributed by atoms with Gasteiger partial charge in [0.1, 0.15) is 0 Å². The van der Waals surface area contributed by atoms with Gasteiger partial charge in [-0.2, -0.15) is 0 Å². The van der Waals surface area contributed by atoms with E-state index in [1.54, 1.807) is 6.92 Å². The van der Waals surface area contributed by atoms with E-state index in [2.05, 4.69) is 5.32 Å². The average molecular weight is 183 g/mol. The van der Waals surface area contributed by atoms with Gasteiger partial charge in [0.25, 0.3) is 5.56 Å². The Morgan fingerprint density at radius 1 is 1.62 bits per heavy atom. The van der Waals surface area contributed by atoms with Gasteiger partial charge >= 0.3 is 11.7 Å². The fourth-order valence-corrected chi connectivity index (χ4v) is 0.814. The third kappa shape index (κ3) is 2.05. The zero-order chi connectivity index (χ0) is 9.84. The smallest absolute Gasteiger partial charge is 0.336 e. The predicted molar refractivity (Wildman–Crippen MR) is 45.8 cm³/mol. The van der Waals surface area contributed by atoms with E-state index in [0.29, 0.717) is 6.54 Å². The van der Waals surface area contributed by atoms with Crippen molar-refractivity contribution in [3.8, 4) is 0 Å². The van der Waals surface area contributed by atoms with Crippen LogP contribution < -0.4 is 16.6 Å². The van der Waals surface area contributed by atoms with Crippen molar-refractivity contribution < 1.29 is 4.79 Å². The Labute approximate surface area is 73.2 Å². The highest BCUT2D eigenvalue weighted by Crippen LogP contribution is 1.74. The quantitative estimate of drug-likeness (QED) is 0.592. The summed E-state index contributed by atoms with van der Waals surface area (Å²) in [5.74, 6) is 0. The summed E-state index contributed by atoms with van der Waals surface area (Å²) in [6.07, 6.45) is 1.13. The lowest BCUT2D eigenvalue weighted by molar-refractivity contribution is 0.241. The standard InChI is InChI=1S/C7H9N3O3/c1-2-8-6(12)10-4-3-5(11)9-7(10)13/h3-4H,2H2,1H3,(H,8,12)(H,9,11,13). The second-order valence-electron chi connectivity index (χ2n) is 2.32. The van der Waals surface area contributed by atoms with Crippen LogP contribution in [0.4, 0.5) is 4.79 Å². The minimum Gasteiger partial charge on any atom is -0.338 e. The number of nitrogens with one attached hydrogen (secondary N) is 2. The van der Waals surface area contributed by atoms with Crippen molar-refractivity contribution in [1.29, 1.82) is 0 Å². The summed E-state index contributed by atoms with van der Waals surface area (Å²) < 4.78 is 0.797. The third-order valence-corrected chi connectivity index (χ3v) is 1.37. The van der Waals surface area contributed by atoms with Crippen LogP contribution in [0, 0.1) is 0 Å². The van der Waals surface area contributed by atoms with E-state index in [9.17, 15) is 14.4 Å². The molecular weight excluding hydrogens is 174 g/mol. The van der Waals surface area contributed by atoms with Crippen LogP contribution in [-0.2, 0) is 0 Å². The van der Waals surface area contributed by atoms with Gasteiger partial charge in [0.15, 0.2) is 0 Å². The SMILES string of the molecule is CCNC(=O)n1ccc(=O)[nH]c1=O. The molecule has 0 atom stereocenters. The Kier molecular flexibility index (Phi) is 2.63. The summed E-state index contributed by atoms with van der Waals surface area (Å²) >= 11 is 0. The number of carbonyl (C=O) groups excluding carboxylic acids is 1. The molecule has 0 bridgehead atoms. The number of aromatic amines is 1. The van der Waals surface area contributed by atoms with E-state index in [0.717, 1.165) is 16.8 Å². The molecule has 0 radical (unpaired) electrons. The molecule has 1 aromatic rings. The van der Waals surface area contributed by atoms with E-state index in [-0.39, 0.29) is 0 Å². The van der Waals surface area contributed by atoms with Crippen LogP contribution in [0.5, 0.6) is 0 Å². The number of hydrogen-bond acceptors (Lipinski definition) is 3. The van der Waals surface area contributed by atoms with Crippen molar-refractivity contribution in [3.63, 3.8) is 0 Å². The first-order valence-corrected chi connectivity index (χ1v) is 3.75. The van der Waals surface area contributed by atoms with E-state index in [1.807, 2.05) is 4.98 Å². The molecular formula is C7H9N3O3. The van der Waals surface area contributed by atoms with E-state index in [4.69, 9.17) is 0 Å². The third-order valence-electron chi connectivity index (χ3n) is 1.37. The van der Waals surface area contributed by atoms with Crippen LogP contribution in [0.25, 0.3) is 0 Å². The van der Waals surface area contributed by atoms with Gasteiger partial charge in [0, 0.05) is 18.8 Å². The number of amides is 1. The van der Waals surface area contributed by atoms with Gasteiger partial charge in [0.2, 0.25) is 0 Å². The fraction of sp³-hybridized carbons (Fsp3) is 0.286. The minimum atomic E-state index is -0.738. The van der Waals surface area contributed by atoms with Gasteiger partial charge in [-0.3, -0.25) is 9.78 Å². The van der Waals surface area contributed by atoms with Gasteiger partial charge in [0.05, 0.1) is 0 Å². The molecule has 1 rings (SSSR count). The highest BCUT2D eigenvalue weighted by Gasteiger charge is 2.03. The number of rotatable bonds is 1. The largest absolute Gasteiger partial charge is 0.338 e. The van der Waals surface area contributed by atoms with Gasteiger partial charge in [-0.1, -0.05) is 0 Å². The molecule has 0 saturated heterocycles. The van der Waals surface area contributed by atoms with Gasteiger partial charge in [-0.25, -0.2) is 14.2 Å². The van der Waals surface area contributed by atoms with Crippen LogP contribution in [0.15, 0.2) is 21.9 Å². The average Bonchev–Trinajstić information content (AvgIpc) is 2.04. The molecule has 6 heteroatoms. The highest BCUT2D eigenvalue weighted by atomic mass is 16.2. The Morgan fingerprint density at radius 2 is 2.31 bits per heavy atom. The molecule has 1 amide bonds. The summed E-state index contributed by atoms with van der Waals surface area (Å²) in [5, 5.41) is 2.42. The minimum absolute atomic E-state index is 0.421. The first kappa shape index (κ1) is 9.24. The lowest BCUT2D eigenvalue weighted by Gasteiger charge is -2.02. The van der Waals surface area contributed by atoms with Gasteiger partial charge in [-0.05, 0) is 6.92 Å². The Bertz CT molecular complexity index is 417. The summed E-state index contributed by atoms with van der Waals surface area (Å²) in [6, 6.07) is 0.556. The van der Waals surface area contributed by atoms with Crippen molar-refractivity contribution in [3.05, 3.63) is 33.1 Å². The molecule has 70 valence electrons. The summed E-state index contributed by atoms with van der Waals surface area (Å²) in [6.45, 7) is 2.15. The molecule has 13 heavy (non-hydrogen) atoms. The first-order chi connectivity index (χ1) is 6.15. The topological polar surface area (TPSA) is 84.0 Å². The molecule has 1 aromatic heterocycles. The molecule has 1 heterocycles. The molecule has 0 aliphatic carbocycles. The lowest BCUT2D eigenvalue weighted by atomic mass is 10.6. The Hall–Kier alpha value is -1.85. The summed E-state index contributed by atoms with van der Waals surface area (Å²) in [7, 11) is 0. The number of hydrogen-bond donors (Lipinski definition) is 2. The van der Waals surface area contributed by atoms with E-state index >= 15 is 0 Å². The second kappa shape index (κ2) is 3.70. The van der Waals surface area contributed by atoms with Crippen LogP contribution in [0.3, 0.4) is 0 Å². The predicted octanol–water partition coefficient (Wildman–Crippen LogP) is -0.886. The maximum atomic E-state index is 11.1. The Morgan fingerprint density at radius 3 is 2.85 bits per heavy atom. The van der Waals surface area contributed by atoms with Crippen molar-refractivity contribution in [2.75, 3.05) is 6.54 Å². The molecule has 0 unspecified atom stereocenters. The molecule has 0 aromatic carbocycles. The lowest BCUT2D eigenvalue weighted by Crippen LogP contribution is -2.39. The van der Waals surface area contributed by atoms with Crippen LogP contribution >= 0.6 is 0 Å². The molecule has 0 fully saturated rings. The van der Waals surface area contributed by atoms with Crippen molar-refractivity contribution >= 4 is 6.03 Å². The van der Waals surface area contributed by atoms with Crippen LogP contribution in [0.2, 0.25) is 0 Å². The van der Waals surface area contributed by atoms with Crippen LogP contribution in [-0.4, -0.2) is 22.1 Å². The highest BCUT2D eigenvalue weighted by molar-refractivity contribution is 5.76. The molecule has 0 aliphatic rings. The number of carbonyl (C=O) groups is 1. The second-order valence-corrected chi connectivity index (χ2v) is 2.32. The Balaban J connectivity index is 3.09.